The highest BCUT2D eigenvalue weighted by molar-refractivity contribution is 5.53. The molecule has 94 valence electrons. The second-order valence-electron chi connectivity index (χ2n) is 5.39. The normalized spacial score (nSPS) is 25.6. The maximum absolute atomic E-state index is 10.2. The van der Waals surface area contributed by atoms with Crippen molar-refractivity contribution in [2.75, 3.05) is 13.2 Å². The van der Waals surface area contributed by atoms with E-state index in [1.54, 1.807) is 6.07 Å². The van der Waals surface area contributed by atoms with Crippen LogP contribution in [-0.2, 0) is 5.41 Å². The van der Waals surface area contributed by atoms with Crippen LogP contribution in [0.4, 0.5) is 0 Å². The first-order chi connectivity index (χ1) is 7.98. The second-order valence-corrected chi connectivity index (χ2v) is 5.39. The molecule has 0 bridgehead atoms. The molecule has 1 aliphatic rings. The third-order valence-electron chi connectivity index (χ3n) is 4.00. The highest BCUT2D eigenvalue weighted by Crippen LogP contribution is 2.66. The van der Waals surface area contributed by atoms with Crippen molar-refractivity contribution in [2.45, 2.75) is 32.6 Å². The number of ether oxygens (including phenoxy) is 1. The van der Waals surface area contributed by atoms with Crippen LogP contribution in [0.15, 0.2) is 18.2 Å². The van der Waals surface area contributed by atoms with Gasteiger partial charge in [0, 0.05) is 11.0 Å². The van der Waals surface area contributed by atoms with E-state index in [0.717, 1.165) is 12.0 Å². The highest BCUT2D eigenvalue weighted by Gasteiger charge is 2.62. The van der Waals surface area contributed by atoms with Crippen molar-refractivity contribution in [2.24, 2.45) is 5.41 Å². The number of rotatable bonds is 4. The van der Waals surface area contributed by atoms with E-state index in [1.165, 1.54) is 0 Å². The predicted molar refractivity (Wildman–Crippen MR) is 66.4 cm³/mol. The van der Waals surface area contributed by atoms with Gasteiger partial charge in [-0.2, -0.15) is 0 Å². The SMILES string of the molecule is CCOc1cccc(C2(CO)CC2(C)C)c1O. The summed E-state index contributed by atoms with van der Waals surface area (Å²) in [5, 5.41) is 19.9. The molecule has 2 rings (SSSR count). The monoisotopic (exact) mass is 236 g/mol. The molecule has 1 atom stereocenters. The van der Waals surface area contributed by atoms with Gasteiger partial charge < -0.3 is 14.9 Å². The Hall–Kier alpha value is -1.22. The average Bonchev–Trinajstić information content (AvgIpc) is 2.85. The number of benzene rings is 1. The molecule has 1 fully saturated rings. The standard InChI is InChI=1S/C14H20O3/c1-4-17-11-7-5-6-10(12(11)16)14(9-15)8-13(14,2)3/h5-7,15-16H,4,8-9H2,1-3H3. The van der Waals surface area contributed by atoms with Crippen LogP contribution in [0.25, 0.3) is 0 Å². The fraction of sp³-hybridized carbons (Fsp3) is 0.571. The van der Waals surface area contributed by atoms with Crippen LogP contribution >= 0.6 is 0 Å². The maximum Gasteiger partial charge on any atom is 0.161 e. The average molecular weight is 236 g/mol. The molecule has 1 unspecified atom stereocenters. The smallest absolute Gasteiger partial charge is 0.161 e. The molecule has 0 radical (unpaired) electrons. The molecule has 0 aromatic heterocycles. The van der Waals surface area contributed by atoms with Crippen LogP contribution in [-0.4, -0.2) is 23.4 Å². The summed E-state index contributed by atoms with van der Waals surface area (Å²) in [5.74, 6) is 0.675. The molecule has 2 N–H and O–H groups in total. The zero-order valence-corrected chi connectivity index (χ0v) is 10.7. The lowest BCUT2D eigenvalue weighted by molar-refractivity contribution is 0.226. The molecule has 1 aromatic rings. The van der Waals surface area contributed by atoms with E-state index >= 15 is 0 Å². The van der Waals surface area contributed by atoms with Gasteiger partial charge in [0.05, 0.1) is 13.2 Å². The highest BCUT2D eigenvalue weighted by atomic mass is 16.5. The van der Waals surface area contributed by atoms with Gasteiger partial charge >= 0.3 is 0 Å². The predicted octanol–water partition coefficient (Wildman–Crippen LogP) is 2.45. The van der Waals surface area contributed by atoms with E-state index in [0.29, 0.717) is 12.4 Å². The fourth-order valence-electron chi connectivity index (χ4n) is 2.71. The topological polar surface area (TPSA) is 49.7 Å². The Balaban J connectivity index is 2.43. The van der Waals surface area contributed by atoms with Gasteiger partial charge in [-0.25, -0.2) is 0 Å². The van der Waals surface area contributed by atoms with Gasteiger partial charge in [-0.15, -0.1) is 0 Å². The summed E-state index contributed by atoms with van der Waals surface area (Å²) in [5.41, 5.74) is 0.518. The number of phenols is 1. The van der Waals surface area contributed by atoms with Crippen LogP contribution in [0.3, 0.4) is 0 Å². The lowest BCUT2D eigenvalue weighted by Crippen LogP contribution is -2.19. The van der Waals surface area contributed by atoms with Crippen molar-refractivity contribution < 1.29 is 14.9 Å². The second kappa shape index (κ2) is 3.91. The van der Waals surface area contributed by atoms with Crippen LogP contribution in [0, 0.1) is 5.41 Å². The minimum Gasteiger partial charge on any atom is -0.504 e. The summed E-state index contributed by atoms with van der Waals surface area (Å²) in [6.07, 6.45) is 0.889. The minimum absolute atomic E-state index is 0.0318. The summed E-state index contributed by atoms with van der Waals surface area (Å²) in [7, 11) is 0. The third-order valence-corrected chi connectivity index (χ3v) is 4.00. The van der Waals surface area contributed by atoms with Crippen LogP contribution in [0.2, 0.25) is 0 Å². The van der Waals surface area contributed by atoms with Gasteiger partial charge in [0.2, 0.25) is 0 Å². The molecule has 0 saturated heterocycles. The van der Waals surface area contributed by atoms with Gasteiger partial charge in [0.25, 0.3) is 0 Å². The molecule has 3 nitrogen and oxygen atoms in total. The van der Waals surface area contributed by atoms with E-state index < -0.39 is 0 Å². The minimum atomic E-state index is -0.315. The molecular formula is C14H20O3. The number of phenolic OH excluding ortho intramolecular Hbond substituents is 1. The van der Waals surface area contributed by atoms with Crippen molar-refractivity contribution in [3.05, 3.63) is 23.8 Å². The van der Waals surface area contributed by atoms with E-state index in [-0.39, 0.29) is 23.2 Å². The Morgan fingerprint density at radius 3 is 2.47 bits per heavy atom. The van der Waals surface area contributed by atoms with Crippen molar-refractivity contribution in [3.63, 3.8) is 0 Å². The number of hydrogen-bond acceptors (Lipinski definition) is 3. The number of aromatic hydroxyl groups is 1. The Kier molecular flexibility index (Phi) is 2.82. The van der Waals surface area contributed by atoms with Crippen molar-refractivity contribution >= 4 is 0 Å². The van der Waals surface area contributed by atoms with Gasteiger partial charge in [0.15, 0.2) is 11.5 Å². The molecule has 17 heavy (non-hydrogen) atoms. The zero-order valence-electron chi connectivity index (χ0n) is 10.7. The molecule has 0 amide bonds. The third kappa shape index (κ3) is 1.69. The molecule has 1 saturated carbocycles. The first-order valence-corrected chi connectivity index (χ1v) is 6.04. The van der Waals surface area contributed by atoms with Crippen molar-refractivity contribution in [1.29, 1.82) is 0 Å². The van der Waals surface area contributed by atoms with Crippen molar-refractivity contribution in [3.8, 4) is 11.5 Å². The Morgan fingerprint density at radius 2 is 2.00 bits per heavy atom. The van der Waals surface area contributed by atoms with E-state index in [9.17, 15) is 10.2 Å². The lowest BCUT2D eigenvalue weighted by atomic mass is 9.88. The first kappa shape index (κ1) is 12.2. The zero-order chi connectivity index (χ0) is 12.7. The number of aliphatic hydroxyl groups is 1. The van der Waals surface area contributed by atoms with Gasteiger partial charge in [-0.3, -0.25) is 0 Å². The quantitative estimate of drug-likeness (QED) is 0.844. The molecule has 0 aliphatic heterocycles. The van der Waals surface area contributed by atoms with Gasteiger partial charge in [0.1, 0.15) is 0 Å². The molecule has 0 spiro atoms. The summed E-state index contributed by atoms with van der Waals surface area (Å²) < 4.78 is 5.38. The van der Waals surface area contributed by atoms with Crippen LogP contribution in [0.5, 0.6) is 11.5 Å². The number of aliphatic hydroxyl groups excluding tert-OH is 1. The van der Waals surface area contributed by atoms with E-state index in [4.69, 9.17) is 4.74 Å². The number of hydrogen-bond donors (Lipinski definition) is 2. The summed E-state index contributed by atoms with van der Waals surface area (Å²) >= 11 is 0. The summed E-state index contributed by atoms with van der Waals surface area (Å²) in [4.78, 5) is 0. The Labute approximate surface area is 102 Å². The molecular weight excluding hydrogens is 216 g/mol. The Bertz CT molecular complexity index is 425. The number of para-hydroxylation sites is 1. The van der Waals surface area contributed by atoms with Gasteiger partial charge in [-0.1, -0.05) is 26.0 Å². The fourth-order valence-corrected chi connectivity index (χ4v) is 2.71. The van der Waals surface area contributed by atoms with Crippen molar-refractivity contribution in [1.82, 2.24) is 0 Å². The molecule has 1 aliphatic carbocycles. The van der Waals surface area contributed by atoms with E-state index in [1.807, 2.05) is 19.1 Å². The van der Waals surface area contributed by atoms with Gasteiger partial charge in [-0.05, 0) is 24.8 Å². The maximum atomic E-state index is 10.2. The largest absolute Gasteiger partial charge is 0.504 e. The first-order valence-electron chi connectivity index (χ1n) is 6.04. The summed E-state index contributed by atoms with van der Waals surface area (Å²) in [6.45, 7) is 6.68. The molecule has 0 heterocycles. The molecule has 3 heteroatoms. The Morgan fingerprint density at radius 1 is 1.35 bits per heavy atom. The molecule has 1 aromatic carbocycles. The lowest BCUT2D eigenvalue weighted by Gasteiger charge is -2.20. The van der Waals surface area contributed by atoms with Crippen LogP contribution in [0.1, 0.15) is 32.8 Å². The van der Waals surface area contributed by atoms with E-state index in [2.05, 4.69) is 13.8 Å². The summed E-state index contributed by atoms with van der Waals surface area (Å²) in [6, 6.07) is 5.50. The van der Waals surface area contributed by atoms with Crippen LogP contribution < -0.4 is 4.74 Å².